The first-order valence-electron chi connectivity index (χ1n) is 5.07. The lowest BCUT2D eigenvalue weighted by molar-refractivity contribution is 0.0937. The minimum atomic E-state index is -0.867. The Labute approximate surface area is 98.9 Å². The van der Waals surface area contributed by atoms with E-state index in [1.54, 1.807) is 18.2 Å². The molecule has 0 aliphatic heterocycles. The molecule has 0 saturated heterocycles. The minimum Gasteiger partial charge on any atom is -0.448 e. The van der Waals surface area contributed by atoms with Crippen LogP contribution in [0.2, 0.25) is 0 Å². The lowest BCUT2D eigenvalue weighted by Crippen LogP contribution is -2.29. The number of primary amides is 1. The van der Waals surface area contributed by atoms with Crippen molar-refractivity contribution in [1.82, 2.24) is 5.32 Å². The maximum absolute atomic E-state index is 11.7. The SMILES string of the molecule is Cc1ccc(C(=O)NCCOC(N)=O)c(N)c1. The Morgan fingerprint density at radius 3 is 2.71 bits per heavy atom. The number of nitrogens with two attached hydrogens (primary N) is 2. The zero-order chi connectivity index (χ0) is 12.8. The van der Waals surface area contributed by atoms with E-state index < -0.39 is 6.09 Å². The van der Waals surface area contributed by atoms with Crippen LogP contribution in [0.4, 0.5) is 10.5 Å². The normalized spacial score (nSPS) is 9.71. The van der Waals surface area contributed by atoms with Gasteiger partial charge in [0.2, 0.25) is 0 Å². The fourth-order valence-corrected chi connectivity index (χ4v) is 1.30. The Kier molecular flexibility index (Phi) is 4.33. The highest BCUT2D eigenvalue weighted by atomic mass is 16.5. The highest BCUT2D eigenvalue weighted by molar-refractivity contribution is 5.99. The van der Waals surface area contributed by atoms with Crippen LogP contribution >= 0.6 is 0 Å². The zero-order valence-electron chi connectivity index (χ0n) is 9.53. The molecule has 2 amide bonds. The van der Waals surface area contributed by atoms with Gasteiger partial charge >= 0.3 is 6.09 Å². The average Bonchev–Trinajstić information content (AvgIpc) is 2.23. The average molecular weight is 237 g/mol. The Balaban J connectivity index is 2.50. The molecular weight excluding hydrogens is 222 g/mol. The largest absolute Gasteiger partial charge is 0.448 e. The highest BCUT2D eigenvalue weighted by Gasteiger charge is 2.08. The summed E-state index contributed by atoms with van der Waals surface area (Å²) in [5.41, 5.74) is 12.3. The lowest BCUT2D eigenvalue weighted by Gasteiger charge is -2.08. The summed E-state index contributed by atoms with van der Waals surface area (Å²) in [5.74, 6) is -0.310. The van der Waals surface area contributed by atoms with E-state index in [9.17, 15) is 9.59 Å². The van der Waals surface area contributed by atoms with Gasteiger partial charge in [-0.05, 0) is 24.6 Å². The van der Waals surface area contributed by atoms with Gasteiger partial charge in [-0.3, -0.25) is 4.79 Å². The number of benzene rings is 1. The van der Waals surface area contributed by atoms with Crippen molar-refractivity contribution in [3.05, 3.63) is 29.3 Å². The van der Waals surface area contributed by atoms with Crippen molar-refractivity contribution in [2.75, 3.05) is 18.9 Å². The third-order valence-electron chi connectivity index (χ3n) is 2.08. The molecule has 0 fully saturated rings. The number of carbonyl (C=O) groups is 2. The van der Waals surface area contributed by atoms with Gasteiger partial charge in [0.25, 0.3) is 5.91 Å². The van der Waals surface area contributed by atoms with Crippen LogP contribution in [0, 0.1) is 6.92 Å². The molecule has 0 aliphatic rings. The van der Waals surface area contributed by atoms with Gasteiger partial charge in [0.1, 0.15) is 6.61 Å². The van der Waals surface area contributed by atoms with Crippen molar-refractivity contribution < 1.29 is 14.3 Å². The minimum absolute atomic E-state index is 0.0346. The molecule has 0 saturated carbocycles. The molecule has 0 spiro atoms. The molecule has 6 heteroatoms. The fourth-order valence-electron chi connectivity index (χ4n) is 1.30. The topological polar surface area (TPSA) is 107 Å². The predicted octanol–water partition coefficient (Wildman–Crippen LogP) is 0.402. The first-order chi connectivity index (χ1) is 8.00. The van der Waals surface area contributed by atoms with Gasteiger partial charge in [-0.2, -0.15) is 0 Å². The van der Waals surface area contributed by atoms with Crippen LogP contribution in [0.1, 0.15) is 15.9 Å². The summed E-state index contributed by atoms with van der Waals surface area (Å²) >= 11 is 0. The van der Waals surface area contributed by atoms with E-state index in [-0.39, 0.29) is 19.1 Å². The monoisotopic (exact) mass is 237 g/mol. The van der Waals surface area contributed by atoms with E-state index >= 15 is 0 Å². The number of hydrogen-bond acceptors (Lipinski definition) is 4. The molecule has 0 atom stereocenters. The molecular formula is C11H15N3O3. The molecule has 0 radical (unpaired) electrons. The standard InChI is InChI=1S/C11H15N3O3/c1-7-2-3-8(9(12)6-7)10(15)14-4-5-17-11(13)16/h2-3,6H,4-5,12H2,1H3,(H2,13,16)(H,14,15). The maximum atomic E-state index is 11.7. The van der Waals surface area contributed by atoms with Gasteiger partial charge in [0.05, 0.1) is 12.1 Å². The third kappa shape index (κ3) is 4.02. The van der Waals surface area contributed by atoms with Crippen LogP contribution in [-0.2, 0) is 4.74 Å². The Hall–Kier alpha value is -2.24. The molecule has 92 valence electrons. The quantitative estimate of drug-likeness (QED) is 0.520. The maximum Gasteiger partial charge on any atom is 0.404 e. The zero-order valence-corrected chi connectivity index (χ0v) is 9.53. The fraction of sp³-hybridized carbons (Fsp3) is 0.273. The van der Waals surface area contributed by atoms with Gasteiger partial charge in [0.15, 0.2) is 0 Å². The van der Waals surface area contributed by atoms with Crippen molar-refractivity contribution in [2.24, 2.45) is 5.73 Å². The number of rotatable bonds is 4. The summed E-state index contributed by atoms with van der Waals surface area (Å²) < 4.78 is 4.47. The second kappa shape index (κ2) is 5.74. The van der Waals surface area contributed by atoms with Crippen molar-refractivity contribution in [2.45, 2.75) is 6.92 Å². The van der Waals surface area contributed by atoms with Crippen molar-refractivity contribution in [1.29, 1.82) is 0 Å². The summed E-state index contributed by atoms with van der Waals surface area (Å²) in [5, 5.41) is 2.56. The van der Waals surface area contributed by atoms with Crippen LogP contribution in [0.25, 0.3) is 0 Å². The molecule has 5 N–H and O–H groups in total. The predicted molar refractivity (Wildman–Crippen MR) is 63.5 cm³/mol. The number of ether oxygens (including phenoxy) is 1. The molecule has 0 aromatic heterocycles. The smallest absolute Gasteiger partial charge is 0.404 e. The first kappa shape index (κ1) is 12.8. The molecule has 1 aromatic rings. The number of carbonyl (C=O) groups excluding carboxylic acids is 2. The Morgan fingerprint density at radius 1 is 1.41 bits per heavy atom. The number of anilines is 1. The molecule has 17 heavy (non-hydrogen) atoms. The van der Waals surface area contributed by atoms with Crippen LogP contribution in [0.15, 0.2) is 18.2 Å². The van der Waals surface area contributed by atoms with E-state index in [1.165, 1.54) is 0 Å². The summed E-state index contributed by atoms with van der Waals surface area (Å²) in [6.45, 7) is 2.11. The van der Waals surface area contributed by atoms with Gasteiger partial charge in [-0.1, -0.05) is 6.07 Å². The van der Waals surface area contributed by atoms with Crippen molar-refractivity contribution in [3.8, 4) is 0 Å². The van der Waals surface area contributed by atoms with E-state index in [4.69, 9.17) is 11.5 Å². The number of nitrogens with one attached hydrogen (secondary N) is 1. The van der Waals surface area contributed by atoms with E-state index in [0.717, 1.165) is 5.56 Å². The summed E-state index contributed by atoms with van der Waals surface area (Å²) in [6.07, 6.45) is -0.867. The molecule has 1 aromatic carbocycles. The summed E-state index contributed by atoms with van der Waals surface area (Å²) in [6, 6.07) is 5.16. The van der Waals surface area contributed by atoms with Gasteiger partial charge < -0.3 is 21.5 Å². The highest BCUT2D eigenvalue weighted by Crippen LogP contribution is 2.13. The van der Waals surface area contributed by atoms with Crippen LogP contribution in [-0.4, -0.2) is 25.2 Å². The molecule has 0 heterocycles. The molecule has 6 nitrogen and oxygen atoms in total. The third-order valence-corrected chi connectivity index (χ3v) is 2.08. The number of amides is 2. The summed E-state index contributed by atoms with van der Waals surface area (Å²) in [4.78, 5) is 21.9. The van der Waals surface area contributed by atoms with E-state index in [0.29, 0.717) is 11.3 Å². The van der Waals surface area contributed by atoms with Crippen molar-refractivity contribution in [3.63, 3.8) is 0 Å². The number of hydrogen-bond donors (Lipinski definition) is 3. The Morgan fingerprint density at radius 2 is 2.12 bits per heavy atom. The van der Waals surface area contributed by atoms with Gasteiger partial charge in [-0.15, -0.1) is 0 Å². The van der Waals surface area contributed by atoms with Crippen LogP contribution < -0.4 is 16.8 Å². The molecule has 0 aliphatic carbocycles. The van der Waals surface area contributed by atoms with E-state index in [2.05, 4.69) is 10.1 Å². The van der Waals surface area contributed by atoms with Crippen LogP contribution in [0.3, 0.4) is 0 Å². The second-order valence-electron chi connectivity index (χ2n) is 3.51. The van der Waals surface area contributed by atoms with Gasteiger partial charge in [-0.25, -0.2) is 4.79 Å². The van der Waals surface area contributed by atoms with Gasteiger partial charge in [0, 0.05) is 5.69 Å². The first-order valence-corrected chi connectivity index (χ1v) is 5.07. The van der Waals surface area contributed by atoms with E-state index in [1.807, 2.05) is 6.92 Å². The molecule has 0 bridgehead atoms. The number of aryl methyl sites for hydroxylation is 1. The number of nitrogen functional groups attached to an aromatic ring is 1. The van der Waals surface area contributed by atoms with Crippen molar-refractivity contribution >= 4 is 17.7 Å². The molecule has 1 rings (SSSR count). The lowest BCUT2D eigenvalue weighted by atomic mass is 10.1. The molecule has 0 unspecified atom stereocenters. The van der Waals surface area contributed by atoms with Crippen LogP contribution in [0.5, 0.6) is 0 Å². The summed E-state index contributed by atoms with van der Waals surface area (Å²) in [7, 11) is 0. The second-order valence-corrected chi connectivity index (χ2v) is 3.51. The Bertz CT molecular complexity index is 432.